The molecule has 0 aromatic carbocycles. The molecule has 2 aromatic heterocycles. The van der Waals surface area contributed by atoms with E-state index in [2.05, 4.69) is 10.1 Å². The van der Waals surface area contributed by atoms with Crippen LogP contribution in [0.4, 0.5) is 0 Å². The van der Waals surface area contributed by atoms with Crippen LogP contribution in [0, 0.1) is 0 Å². The van der Waals surface area contributed by atoms with Crippen LogP contribution in [0.3, 0.4) is 0 Å². The summed E-state index contributed by atoms with van der Waals surface area (Å²) in [4.78, 5) is 15.8. The zero-order chi connectivity index (χ0) is 14.4. The van der Waals surface area contributed by atoms with Crippen molar-refractivity contribution in [2.45, 2.75) is 20.1 Å². The minimum atomic E-state index is -0.374. The first-order valence-electron chi connectivity index (χ1n) is 6.37. The minimum Gasteiger partial charge on any atom is -0.462 e. The van der Waals surface area contributed by atoms with Crippen molar-refractivity contribution in [1.82, 2.24) is 14.8 Å². The third-order valence-electron chi connectivity index (χ3n) is 2.79. The van der Waals surface area contributed by atoms with E-state index >= 15 is 0 Å². The maximum absolute atomic E-state index is 11.8. The van der Waals surface area contributed by atoms with Gasteiger partial charge in [-0.05, 0) is 18.6 Å². The topological polar surface area (TPSA) is 66.2 Å². The van der Waals surface area contributed by atoms with Gasteiger partial charge in [0.05, 0.1) is 31.7 Å². The third-order valence-corrected chi connectivity index (χ3v) is 2.79. The van der Waals surface area contributed by atoms with Gasteiger partial charge >= 0.3 is 5.97 Å². The Morgan fingerprint density at radius 1 is 1.35 bits per heavy atom. The summed E-state index contributed by atoms with van der Waals surface area (Å²) in [5, 5.41) is 4.07. The molecule has 0 unspecified atom stereocenters. The molecule has 6 nitrogen and oxygen atoms in total. The largest absolute Gasteiger partial charge is 0.462 e. The van der Waals surface area contributed by atoms with E-state index in [-0.39, 0.29) is 5.97 Å². The Kier molecular flexibility index (Phi) is 4.84. The molecule has 0 aliphatic carbocycles. The number of esters is 1. The molecule has 0 bridgehead atoms. The van der Waals surface area contributed by atoms with Crippen LogP contribution < -0.4 is 0 Å². The van der Waals surface area contributed by atoms with Crippen molar-refractivity contribution in [3.8, 4) is 0 Å². The first-order valence-corrected chi connectivity index (χ1v) is 6.37. The van der Waals surface area contributed by atoms with Gasteiger partial charge < -0.3 is 9.47 Å². The van der Waals surface area contributed by atoms with Crippen molar-refractivity contribution in [1.29, 1.82) is 0 Å². The number of aromatic nitrogens is 3. The number of ether oxygens (including phenoxy) is 2. The monoisotopic (exact) mass is 275 g/mol. The van der Waals surface area contributed by atoms with Crippen molar-refractivity contribution in [2.75, 3.05) is 6.61 Å². The number of pyridine rings is 1. The summed E-state index contributed by atoms with van der Waals surface area (Å²) in [6.07, 6.45) is 4.96. The normalized spacial score (nSPS) is 10.5. The summed E-state index contributed by atoms with van der Waals surface area (Å²) in [7, 11) is 1.77. The van der Waals surface area contributed by atoms with Gasteiger partial charge in [-0.15, -0.1) is 0 Å². The van der Waals surface area contributed by atoms with Crippen LogP contribution >= 0.6 is 0 Å². The number of carbonyl (C=O) groups excluding carboxylic acids is 1. The zero-order valence-electron chi connectivity index (χ0n) is 11.6. The quantitative estimate of drug-likeness (QED) is 0.751. The molecule has 0 atom stereocenters. The fraction of sp³-hybridized carbons (Fsp3) is 0.357. The van der Waals surface area contributed by atoms with E-state index in [0.29, 0.717) is 31.1 Å². The molecule has 0 spiro atoms. The highest BCUT2D eigenvalue weighted by Gasteiger charge is 2.17. The van der Waals surface area contributed by atoms with Crippen LogP contribution in [-0.2, 0) is 29.7 Å². The molecule has 0 aliphatic heterocycles. The van der Waals surface area contributed by atoms with Gasteiger partial charge in [0.25, 0.3) is 0 Å². The van der Waals surface area contributed by atoms with Crippen molar-refractivity contribution in [3.63, 3.8) is 0 Å². The molecule has 2 aromatic rings. The van der Waals surface area contributed by atoms with Gasteiger partial charge in [0.15, 0.2) is 0 Å². The van der Waals surface area contributed by atoms with Gasteiger partial charge in [-0.2, -0.15) is 5.10 Å². The van der Waals surface area contributed by atoms with Crippen LogP contribution in [0.5, 0.6) is 0 Å². The predicted octanol–water partition coefficient (Wildman–Crippen LogP) is 1.71. The lowest BCUT2D eigenvalue weighted by molar-refractivity contribution is 0.0515. The molecule has 0 aliphatic rings. The van der Waals surface area contributed by atoms with Crippen molar-refractivity contribution in [3.05, 3.63) is 47.5 Å². The molecule has 0 radical (unpaired) electrons. The van der Waals surface area contributed by atoms with Crippen molar-refractivity contribution >= 4 is 5.97 Å². The van der Waals surface area contributed by atoms with Crippen molar-refractivity contribution < 1.29 is 14.3 Å². The Bertz CT molecular complexity index is 566. The number of rotatable bonds is 6. The maximum atomic E-state index is 11.8. The Hall–Kier alpha value is -2.21. The van der Waals surface area contributed by atoms with Gasteiger partial charge in [0.1, 0.15) is 5.56 Å². The third kappa shape index (κ3) is 3.42. The number of hydrogen-bond acceptors (Lipinski definition) is 5. The molecule has 2 heterocycles. The number of carbonyl (C=O) groups is 1. The molecule has 0 N–H and O–H groups in total. The van der Waals surface area contributed by atoms with Gasteiger partial charge in [-0.3, -0.25) is 9.67 Å². The van der Waals surface area contributed by atoms with E-state index in [0.717, 1.165) is 5.56 Å². The second-order valence-corrected chi connectivity index (χ2v) is 4.20. The Labute approximate surface area is 117 Å². The Balaban J connectivity index is 1.99. The fourth-order valence-electron chi connectivity index (χ4n) is 1.76. The lowest BCUT2D eigenvalue weighted by Crippen LogP contribution is -2.10. The Morgan fingerprint density at radius 3 is 2.90 bits per heavy atom. The van der Waals surface area contributed by atoms with E-state index in [4.69, 9.17) is 9.47 Å². The standard InChI is InChI=1S/C14H17N3O3/c1-3-20-14(18)12-8-16-17(2)13(12)10-19-9-11-5-4-6-15-7-11/h4-8H,3,9-10H2,1-2H3. The van der Waals surface area contributed by atoms with E-state index in [1.807, 2.05) is 12.1 Å². The molecule has 6 heteroatoms. The average Bonchev–Trinajstić information content (AvgIpc) is 2.82. The lowest BCUT2D eigenvalue weighted by Gasteiger charge is -2.07. The van der Waals surface area contributed by atoms with E-state index in [9.17, 15) is 4.79 Å². The molecular formula is C14H17N3O3. The molecule has 20 heavy (non-hydrogen) atoms. The highest BCUT2D eigenvalue weighted by molar-refractivity contribution is 5.90. The van der Waals surface area contributed by atoms with Crippen LogP contribution in [0.15, 0.2) is 30.7 Å². The first kappa shape index (κ1) is 14.2. The fourth-order valence-corrected chi connectivity index (χ4v) is 1.76. The van der Waals surface area contributed by atoms with Gasteiger partial charge in [-0.25, -0.2) is 4.79 Å². The van der Waals surface area contributed by atoms with Crippen LogP contribution in [0.25, 0.3) is 0 Å². The average molecular weight is 275 g/mol. The smallest absolute Gasteiger partial charge is 0.341 e. The molecular weight excluding hydrogens is 258 g/mol. The predicted molar refractivity (Wildman–Crippen MR) is 71.9 cm³/mol. The van der Waals surface area contributed by atoms with Crippen molar-refractivity contribution in [2.24, 2.45) is 7.05 Å². The summed E-state index contributed by atoms with van der Waals surface area (Å²) in [5.41, 5.74) is 2.13. The summed E-state index contributed by atoms with van der Waals surface area (Å²) in [5.74, 6) is -0.374. The van der Waals surface area contributed by atoms with E-state index in [1.54, 1.807) is 31.0 Å². The van der Waals surface area contributed by atoms with Gasteiger partial charge in [-0.1, -0.05) is 6.07 Å². The van der Waals surface area contributed by atoms with Crippen LogP contribution in [0.1, 0.15) is 28.5 Å². The highest BCUT2D eigenvalue weighted by atomic mass is 16.5. The Morgan fingerprint density at radius 2 is 2.20 bits per heavy atom. The SMILES string of the molecule is CCOC(=O)c1cnn(C)c1COCc1cccnc1. The van der Waals surface area contributed by atoms with E-state index in [1.165, 1.54) is 6.20 Å². The second kappa shape index (κ2) is 6.81. The molecule has 0 saturated heterocycles. The molecule has 0 fully saturated rings. The van der Waals surface area contributed by atoms with Gasteiger partial charge in [0.2, 0.25) is 0 Å². The summed E-state index contributed by atoms with van der Waals surface area (Å²) in [6.45, 7) is 2.83. The number of hydrogen-bond donors (Lipinski definition) is 0. The van der Waals surface area contributed by atoms with E-state index < -0.39 is 0 Å². The summed E-state index contributed by atoms with van der Waals surface area (Å²) in [6, 6.07) is 3.79. The number of aryl methyl sites for hydroxylation is 1. The highest BCUT2D eigenvalue weighted by Crippen LogP contribution is 2.12. The summed E-state index contributed by atoms with van der Waals surface area (Å²) < 4.78 is 12.2. The number of nitrogens with zero attached hydrogens (tertiary/aromatic N) is 3. The zero-order valence-corrected chi connectivity index (χ0v) is 11.6. The van der Waals surface area contributed by atoms with Gasteiger partial charge in [0, 0.05) is 19.4 Å². The molecule has 2 rings (SSSR count). The maximum Gasteiger partial charge on any atom is 0.341 e. The van der Waals surface area contributed by atoms with Crippen LogP contribution in [-0.4, -0.2) is 27.3 Å². The summed E-state index contributed by atoms with van der Waals surface area (Å²) >= 11 is 0. The minimum absolute atomic E-state index is 0.291. The molecule has 0 saturated carbocycles. The molecule has 106 valence electrons. The second-order valence-electron chi connectivity index (χ2n) is 4.20. The van der Waals surface area contributed by atoms with Crippen LogP contribution in [0.2, 0.25) is 0 Å². The molecule has 0 amide bonds. The first-order chi connectivity index (χ1) is 9.72. The lowest BCUT2D eigenvalue weighted by atomic mass is 10.2.